The van der Waals surface area contributed by atoms with Crippen LogP contribution in [0.2, 0.25) is 0 Å². The van der Waals surface area contributed by atoms with Crippen LogP contribution in [0.4, 0.5) is 4.39 Å². The number of hydrogen-bond donors (Lipinski definition) is 1. The molecule has 2 rings (SSSR count). The molecule has 8 heteroatoms. The number of nitrogens with zero attached hydrogens (tertiary/aromatic N) is 2. The maximum absolute atomic E-state index is 14.1. The first kappa shape index (κ1) is 15.2. The van der Waals surface area contributed by atoms with Gasteiger partial charge >= 0.3 is 0 Å². The van der Waals surface area contributed by atoms with Crippen LogP contribution in [0.5, 0.6) is 0 Å². The maximum Gasteiger partial charge on any atom is 0.264 e. The number of amides is 1. The van der Waals surface area contributed by atoms with E-state index in [1.807, 2.05) is 0 Å². The third-order valence-electron chi connectivity index (χ3n) is 2.73. The van der Waals surface area contributed by atoms with Gasteiger partial charge in [-0.3, -0.25) is 4.79 Å². The third-order valence-corrected chi connectivity index (χ3v) is 3.28. The molecule has 0 atom stereocenters. The number of halogens is 1. The molecule has 0 unspecified atom stereocenters. The number of carbonyl (C=O) groups excluding carboxylic acids is 1. The summed E-state index contributed by atoms with van der Waals surface area (Å²) in [7, 11) is -3.69. The lowest BCUT2D eigenvalue weighted by Gasteiger charge is -2.08. The molecule has 112 valence electrons. The number of benzene rings is 1. The molecule has 0 spiro atoms. The first-order valence-corrected chi connectivity index (χ1v) is 7.92. The average Bonchev–Trinajstić information content (AvgIpc) is 2.66. The Morgan fingerprint density at radius 3 is 2.43 bits per heavy atom. The van der Waals surface area contributed by atoms with Crippen molar-refractivity contribution in [2.75, 3.05) is 6.26 Å². The van der Waals surface area contributed by atoms with E-state index in [4.69, 9.17) is 0 Å². The molecule has 21 heavy (non-hydrogen) atoms. The topological polar surface area (TPSA) is 81.1 Å². The van der Waals surface area contributed by atoms with Crippen molar-refractivity contribution in [3.8, 4) is 5.69 Å². The van der Waals surface area contributed by atoms with Gasteiger partial charge in [-0.2, -0.15) is 5.10 Å². The molecule has 0 radical (unpaired) electrons. The van der Waals surface area contributed by atoms with E-state index >= 15 is 0 Å². The molecule has 1 aromatic heterocycles. The zero-order valence-electron chi connectivity index (χ0n) is 11.7. The highest BCUT2D eigenvalue weighted by atomic mass is 32.2. The number of nitrogens with one attached hydrogen (secondary N) is 1. The third kappa shape index (κ3) is 3.46. The molecule has 0 aliphatic heterocycles. The molecule has 1 N–H and O–H groups in total. The molecule has 1 aromatic carbocycles. The number of carbonyl (C=O) groups is 1. The smallest absolute Gasteiger partial charge is 0.264 e. The highest BCUT2D eigenvalue weighted by molar-refractivity contribution is 7.89. The zero-order valence-corrected chi connectivity index (χ0v) is 12.5. The molecule has 0 aliphatic rings. The van der Waals surface area contributed by atoms with Gasteiger partial charge in [0.15, 0.2) is 0 Å². The second-order valence-electron chi connectivity index (χ2n) is 4.71. The Morgan fingerprint density at radius 2 is 1.95 bits per heavy atom. The normalized spacial score (nSPS) is 11.4. The monoisotopic (exact) mass is 311 g/mol. The fraction of sp³-hybridized carbons (Fsp3) is 0.231. The Bertz CT molecular complexity index is 812. The van der Waals surface area contributed by atoms with Gasteiger partial charge in [0.25, 0.3) is 5.91 Å². The lowest BCUT2D eigenvalue weighted by molar-refractivity contribution is 0.0981. The predicted molar refractivity (Wildman–Crippen MR) is 75.3 cm³/mol. The van der Waals surface area contributed by atoms with Crippen LogP contribution in [0.25, 0.3) is 5.69 Å². The molecular formula is C13H14FN3O3S. The Morgan fingerprint density at radius 1 is 1.29 bits per heavy atom. The second kappa shape index (κ2) is 5.28. The van der Waals surface area contributed by atoms with Crippen molar-refractivity contribution >= 4 is 15.9 Å². The van der Waals surface area contributed by atoms with E-state index in [1.165, 1.54) is 16.8 Å². The highest BCUT2D eigenvalue weighted by Gasteiger charge is 2.15. The zero-order chi connectivity index (χ0) is 15.8. The molecule has 0 saturated carbocycles. The molecule has 1 heterocycles. The van der Waals surface area contributed by atoms with E-state index in [9.17, 15) is 17.6 Å². The van der Waals surface area contributed by atoms with Gasteiger partial charge in [-0.1, -0.05) is 0 Å². The first-order chi connectivity index (χ1) is 9.67. The van der Waals surface area contributed by atoms with Gasteiger partial charge in [0.05, 0.1) is 11.9 Å². The van der Waals surface area contributed by atoms with Crippen LogP contribution in [0, 0.1) is 19.7 Å². The SMILES string of the molecule is Cc1cc(C)n(-c2ccc(C(=O)NS(C)(=O)=O)cc2F)n1. The first-order valence-electron chi connectivity index (χ1n) is 6.03. The van der Waals surface area contributed by atoms with Gasteiger partial charge < -0.3 is 0 Å². The Kier molecular flexibility index (Phi) is 3.82. The highest BCUT2D eigenvalue weighted by Crippen LogP contribution is 2.17. The predicted octanol–water partition coefficient (Wildman–Crippen LogP) is 1.32. The van der Waals surface area contributed by atoms with Gasteiger partial charge in [0.1, 0.15) is 11.5 Å². The number of aryl methyl sites for hydroxylation is 2. The van der Waals surface area contributed by atoms with Gasteiger partial charge in [0, 0.05) is 11.3 Å². The molecule has 6 nitrogen and oxygen atoms in total. The van der Waals surface area contributed by atoms with Crippen molar-refractivity contribution in [3.05, 3.63) is 47.0 Å². The quantitative estimate of drug-likeness (QED) is 0.927. The Balaban J connectivity index is 2.38. The van der Waals surface area contributed by atoms with Gasteiger partial charge in [0.2, 0.25) is 10.0 Å². The summed E-state index contributed by atoms with van der Waals surface area (Å²) in [6, 6.07) is 5.50. The van der Waals surface area contributed by atoms with Crippen molar-refractivity contribution in [2.24, 2.45) is 0 Å². The van der Waals surface area contributed by atoms with Crippen molar-refractivity contribution in [1.29, 1.82) is 0 Å². The molecule has 0 fully saturated rings. The largest absolute Gasteiger partial charge is 0.268 e. The standard InChI is InChI=1S/C13H14FN3O3S/c1-8-6-9(2)17(15-8)12-5-4-10(7-11(12)14)13(18)16-21(3,19)20/h4-7H,1-3H3,(H,16,18). The molecule has 2 aromatic rings. The van der Waals surface area contributed by atoms with Crippen LogP contribution >= 0.6 is 0 Å². The van der Waals surface area contributed by atoms with Crippen LogP contribution < -0.4 is 4.72 Å². The summed E-state index contributed by atoms with van der Waals surface area (Å²) in [5.41, 5.74) is 1.60. The summed E-state index contributed by atoms with van der Waals surface area (Å²) < 4.78 is 39.3. The molecule has 0 saturated heterocycles. The van der Waals surface area contributed by atoms with Crippen LogP contribution in [0.1, 0.15) is 21.7 Å². The van der Waals surface area contributed by atoms with Crippen LogP contribution in [-0.4, -0.2) is 30.4 Å². The minimum absolute atomic E-state index is 0.0804. The number of aromatic nitrogens is 2. The lowest BCUT2D eigenvalue weighted by Crippen LogP contribution is -2.29. The van der Waals surface area contributed by atoms with E-state index in [0.29, 0.717) is 0 Å². The van der Waals surface area contributed by atoms with Gasteiger partial charge in [-0.15, -0.1) is 0 Å². The number of hydrogen-bond acceptors (Lipinski definition) is 4. The van der Waals surface area contributed by atoms with E-state index < -0.39 is 21.7 Å². The van der Waals surface area contributed by atoms with Crippen molar-refractivity contribution < 1.29 is 17.6 Å². The molecular weight excluding hydrogens is 297 g/mol. The van der Waals surface area contributed by atoms with E-state index in [2.05, 4.69) is 5.10 Å². The fourth-order valence-electron chi connectivity index (χ4n) is 1.92. The minimum Gasteiger partial charge on any atom is -0.268 e. The minimum atomic E-state index is -3.69. The van der Waals surface area contributed by atoms with E-state index in [-0.39, 0.29) is 11.3 Å². The number of rotatable bonds is 3. The second-order valence-corrected chi connectivity index (χ2v) is 6.46. The van der Waals surface area contributed by atoms with Gasteiger partial charge in [-0.05, 0) is 38.1 Å². The maximum atomic E-state index is 14.1. The van der Waals surface area contributed by atoms with E-state index in [0.717, 1.165) is 23.7 Å². The Labute approximate surface area is 121 Å². The summed E-state index contributed by atoms with van der Waals surface area (Å²) in [6.45, 7) is 3.57. The van der Waals surface area contributed by atoms with Crippen LogP contribution in [-0.2, 0) is 10.0 Å². The Hall–Kier alpha value is -2.22. The van der Waals surface area contributed by atoms with Crippen molar-refractivity contribution in [3.63, 3.8) is 0 Å². The summed E-state index contributed by atoms with van der Waals surface area (Å²) in [4.78, 5) is 11.7. The van der Waals surface area contributed by atoms with Crippen molar-refractivity contribution in [2.45, 2.75) is 13.8 Å². The summed E-state index contributed by atoms with van der Waals surface area (Å²) in [6.07, 6.45) is 0.853. The molecule has 1 amide bonds. The van der Waals surface area contributed by atoms with Crippen LogP contribution in [0.3, 0.4) is 0 Å². The van der Waals surface area contributed by atoms with Gasteiger partial charge in [-0.25, -0.2) is 22.2 Å². The van der Waals surface area contributed by atoms with E-state index in [1.54, 1.807) is 24.6 Å². The number of sulfonamides is 1. The summed E-state index contributed by atoms with van der Waals surface area (Å²) in [5, 5.41) is 4.16. The molecule has 0 bridgehead atoms. The summed E-state index contributed by atoms with van der Waals surface area (Å²) in [5.74, 6) is -1.54. The average molecular weight is 311 g/mol. The lowest BCUT2D eigenvalue weighted by atomic mass is 10.2. The fourth-order valence-corrected chi connectivity index (χ4v) is 2.37. The van der Waals surface area contributed by atoms with Crippen LogP contribution in [0.15, 0.2) is 24.3 Å². The van der Waals surface area contributed by atoms with Crippen molar-refractivity contribution in [1.82, 2.24) is 14.5 Å². The summed E-state index contributed by atoms with van der Waals surface area (Å²) >= 11 is 0. The molecule has 0 aliphatic carbocycles.